The fraction of sp³-hybridized carbons (Fsp3) is 0.406. The molecule has 0 unspecified atom stereocenters. The molecule has 13 heteroatoms. The highest BCUT2D eigenvalue weighted by Crippen LogP contribution is 2.29. The van der Waals surface area contributed by atoms with Crippen LogP contribution >= 0.6 is 0 Å². The minimum Gasteiger partial charge on any atom is -0.447 e. The van der Waals surface area contributed by atoms with E-state index in [1.165, 1.54) is 54.7 Å². The van der Waals surface area contributed by atoms with Crippen LogP contribution in [-0.4, -0.2) is 86.1 Å². The first-order chi connectivity index (χ1) is 21.8. The average molecular weight is 628 g/mol. The van der Waals surface area contributed by atoms with Gasteiger partial charge in [-0.2, -0.15) is 0 Å². The number of halogens is 3. The zero-order valence-electron chi connectivity index (χ0n) is 24.6. The summed E-state index contributed by atoms with van der Waals surface area (Å²) in [5.74, 6) is -2.88. The molecule has 2 saturated heterocycles. The summed E-state index contributed by atoms with van der Waals surface area (Å²) >= 11 is 0. The minimum atomic E-state index is -1.19. The van der Waals surface area contributed by atoms with Crippen molar-refractivity contribution in [3.8, 4) is 0 Å². The molecule has 0 spiro atoms. The third-order valence-electron chi connectivity index (χ3n) is 7.89. The van der Waals surface area contributed by atoms with Gasteiger partial charge in [0.2, 0.25) is 5.91 Å². The van der Waals surface area contributed by atoms with Gasteiger partial charge < -0.3 is 35.5 Å². The van der Waals surface area contributed by atoms with Gasteiger partial charge in [-0.1, -0.05) is 24.3 Å². The van der Waals surface area contributed by atoms with Gasteiger partial charge in [-0.3, -0.25) is 9.78 Å². The van der Waals surface area contributed by atoms with Gasteiger partial charge in [-0.25, -0.2) is 18.0 Å². The van der Waals surface area contributed by atoms with Crippen LogP contribution in [0.3, 0.4) is 0 Å². The number of benzene rings is 2. The van der Waals surface area contributed by atoms with Crippen LogP contribution < -0.4 is 16.4 Å². The number of nitrogens with one attached hydrogen (secondary N) is 2. The van der Waals surface area contributed by atoms with Crippen LogP contribution in [-0.2, 0) is 25.4 Å². The van der Waals surface area contributed by atoms with Crippen molar-refractivity contribution in [3.05, 3.63) is 95.1 Å². The summed E-state index contributed by atoms with van der Waals surface area (Å²) in [6, 6.07) is 9.89. The lowest BCUT2D eigenvalue weighted by Gasteiger charge is -2.32. The third-order valence-corrected chi connectivity index (χ3v) is 7.89. The Bertz CT molecular complexity index is 1390. The van der Waals surface area contributed by atoms with Crippen LogP contribution in [0.5, 0.6) is 0 Å². The van der Waals surface area contributed by atoms with Gasteiger partial charge in [0.25, 0.3) is 0 Å². The monoisotopic (exact) mass is 627 g/mol. The lowest BCUT2D eigenvalue weighted by molar-refractivity contribution is -0.117. The second-order valence-electron chi connectivity index (χ2n) is 11.0. The summed E-state index contributed by atoms with van der Waals surface area (Å²) in [6.07, 6.45) is 1.95. The Kier molecular flexibility index (Phi) is 11.0. The largest absolute Gasteiger partial charge is 0.447 e. The maximum Gasteiger partial charge on any atom is 0.410 e. The van der Waals surface area contributed by atoms with E-state index in [1.807, 2.05) is 0 Å². The van der Waals surface area contributed by atoms with E-state index in [0.717, 1.165) is 6.20 Å². The Morgan fingerprint density at radius 1 is 0.978 bits per heavy atom. The van der Waals surface area contributed by atoms with E-state index in [-0.39, 0.29) is 36.5 Å². The number of ether oxygens (including phenoxy) is 3. The third kappa shape index (κ3) is 8.57. The zero-order chi connectivity index (χ0) is 31.8. The number of anilines is 1. The molecule has 3 aromatic rings. The predicted octanol–water partition coefficient (Wildman–Crippen LogP) is 3.36. The summed E-state index contributed by atoms with van der Waals surface area (Å²) in [6.45, 7) is 3.00. The first-order valence-corrected chi connectivity index (χ1v) is 14.8. The molecule has 1 aromatic heterocycles. The topological polar surface area (TPSA) is 128 Å². The summed E-state index contributed by atoms with van der Waals surface area (Å²) in [4.78, 5) is 31.3. The summed E-state index contributed by atoms with van der Waals surface area (Å²) in [5.41, 5.74) is 7.95. The summed E-state index contributed by atoms with van der Waals surface area (Å²) in [7, 11) is 0. The highest BCUT2D eigenvalue weighted by Gasteiger charge is 2.30. The van der Waals surface area contributed by atoms with Crippen molar-refractivity contribution < 1.29 is 37.0 Å². The maximum absolute atomic E-state index is 15.0. The van der Waals surface area contributed by atoms with E-state index in [9.17, 15) is 18.4 Å². The molecule has 10 nitrogen and oxygen atoms in total. The quantitative estimate of drug-likeness (QED) is 0.313. The second-order valence-corrected chi connectivity index (χ2v) is 11.0. The minimum absolute atomic E-state index is 0.0752. The van der Waals surface area contributed by atoms with Crippen LogP contribution in [0.2, 0.25) is 0 Å². The van der Waals surface area contributed by atoms with Crippen molar-refractivity contribution in [1.82, 2.24) is 15.2 Å². The average Bonchev–Trinajstić information content (AvgIpc) is 3.05. The van der Waals surface area contributed by atoms with Gasteiger partial charge >= 0.3 is 6.09 Å². The molecule has 0 radical (unpaired) electrons. The van der Waals surface area contributed by atoms with E-state index in [1.54, 1.807) is 4.90 Å². The lowest BCUT2D eigenvalue weighted by Crippen LogP contribution is -2.48. The molecular formula is C32H36F3N5O5. The Morgan fingerprint density at radius 3 is 2.24 bits per heavy atom. The number of carbonyl (C=O) groups is 2. The molecule has 2 aromatic carbocycles. The zero-order valence-corrected chi connectivity index (χ0v) is 24.6. The van der Waals surface area contributed by atoms with Crippen molar-refractivity contribution in [2.75, 3.05) is 51.3 Å². The SMILES string of the molecule is N[C@H](C(=O)Nc1cncc(F)c1CC[C@@H]1CNC[C@@H](COC(=O)N2CCOCC2)O1)C(c1ccc(F)cc1)c1ccc(F)cc1. The van der Waals surface area contributed by atoms with Crippen molar-refractivity contribution in [2.24, 2.45) is 5.73 Å². The highest BCUT2D eigenvalue weighted by atomic mass is 19.1. The molecule has 3 atom stereocenters. The van der Waals surface area contributed by atoms with E-state index in [4.69, 9.17) is 19.9 Å². The highest BCUT2D eigenvalue weighted by molar-refractivity contribution is 5.96. The fourth-order valence-electron chi connectivity index (χ4n) is 5.49. The number of pyridine rings is 1. The number of morpholine rings is 2. The van der Waals surface area contributed by atoms with Crippen molar-refractivity contribution >= 4 is 17.7 Å². The molecular weight excluding hydrogens is 591 g/mol. The Balaban J connectivity index is 1.22. The molecule has 5 rings (SSSR count). The van der Waals surface area contributed by atoms with Gasteiger partial charge in [0, 0.05) is 37.7 Å². The number of carbonyl (C=O) groups excluding carboxylic acids is 2. The summed E-state index contributed by atoms with van der Waals surface area (Å²) < 4.78 is 59.2. The van der Waals surface area contributed by atoms with Gasteiger partial charge in [0.1, 0.15) is 30.2 Å². The molecule has 45 heavy (non-hydrogen) atoms. The first kappa shape index (κ1) is 32.4. The van der Waals surface area contributed by atoms with Gasteiger partial charge in [-0.05, 0) is 48.2 Å². The van der Waals surface area contributed by atoms with Crippen molar-refractivity contribution in [3.63, 3.8) is 0 Å². The van der Waals surface area contributed by atoms with Gasteiger partial charge in [-0.15, -0.1) is 0 Å². The first-order valence-electron chi connectivity index (χ1n) is 14.8. The number of nitrogens with zero attached hydrogens (tertiary/aromatic N) is 2. The standard InChI is InChI=1S/C32H36F3N5O5/c33-22-5-1-20(2-6-22)29(21-3-7-23(34)8-4-21)30(36)31(41)39-28-18-38-17-27(35)26(28)10-9-24-15-37-16-25(45-24)19-44-32(42)40-11-13-43-14-12-40/h1-8,17-18,24-25,29-30,37H,9-16,19,36H2,(H,39,41)/t24-,25+,30+/m1/s1. The number of nitrogens with two attached hydrogens (primary N) is 1. The van der Waals surface area contributed by atoms with E-state index < -0.39 is 41.4 Å². The molecule has 240 valence electrons. The van der Waals surface area contributed by atoms with Crippen LogP contribution in [0.25, 0.3) is 0 Å². The van der Waals surface area contributed by atoms with Crippen LogP contribution in [0.15, 0.2) is 60.9 Å². The van der Waals surface area contributed by atoms with Gasteiger partial charge in [0.15, 0.2) is 0 Å². The lowest BCUT2D eigenvalue weighted by atomic mass is 9.85. The van der Waals surface area contributed by atoms with E-state index in [2.05, 4.69) is 15.6 Å². The molecule has 0 saturated carbocycles. The molecule has 0 aliphatic carbocycles. The number of aromatic nitrogens is 1. The normalized spacial score (nSPS) is 19.3. The molecule has 4 N–H and O–H groups in total. The Hall–Kier alpha value is -4.04. The van der Waals surface area contributed by atoms with Gasteiger partial charge in [0.05, 0.1) is 43.4 Å². The number of hydrogen-bond donors (Lipinski definition) is 3. The Morgan fingerprint density at radius 2 is 1.60 bits per heavy atom. The van der Waals surface area contributed by atoms with Crippen LogP contribution in [0.4, 0.5) is 23.7 Å². The van der Waals surface area contributed by atoms with E-state index in [0.29, 0.717) is 56.9 Å². The van der Waals surface area contributed by atoms with E-state index >= 15 is 4.39 Å². The molecule has 0 bridgehead atoms. The van der Waals surface area contributed by atoms with Crippen molar-refractivity contribution in [1.29, 1.82) is 0 Å². The molecule has 3 heterocycles. The molecule has 2 fully saturated rings. The van der Waals surface area contributed by atoms with Crippen molar-refractivity contribution in [2.45, 2.75) is 37.0 Å². The molecule has 2 aliphatic rings. The fourth-order valence-corrected chi connectivity index (χ4v) is 5.49. The van der Waals surface area contributed by atoms with Crippen LogP contribution in [0, 0.1) is 17.5 Å². The number of amides is 2. The smallest absolute Gasteiger partial charge is 0.410 e. The molecule has 2 amide bonds. The number of hydrogen-bond acceptors (Lipinski definition) is 8. The Labute approximate surface area is 259 Å². The van der Waals surface area contributed by atoms with Crippen LogP contribution in [0.1, 0.15) is 29.0 Å². The predicted molar refractivity (Wildman–Crippen MR) is 159 cm³/mol. The molecule has 2 aliphatic heterocycles. The maximum atomic E-state index is 15.0. The summed E-state index contributed by atoms with van der Waals surface area (Å²) in [5, 5.41) is 5.97. The second kappa shape index (κ2) is 15.3. The number of rotatable bonds is 10.